The van der Waals surface area contributed by atoms with Crippen molar-refractivity contribution in [3.8, 4) is 27.6 Å². The van der Waals surface area contributed by atoms with Gasteiger partial charge in [-0.25, -0.2) is 9.97 Å². The number of aromatic nitrogens is 2. The van der Waals surface area contributed by atoms with Crippen LogP contribution in [0.15, 0.2) is 41.9 Å². The molecule has 0 aliphatic rings. The molecule has 0 fully saturated rings. The Balaban J connectivity index is 1.94. The van der Waals surface area contributed by atoms with Gasteiger partial charge in [0.05, 0.1) is 12.8 Å². The van der Waals surface area contributed by atoms with Crippen LogP contribution in [-0.4, -0.2) is 31.2 Å². The van der Waals surface area contributed by atoms with E-state index in [0.29, 0.717) is 0 Å². The maximum absolute atomic E-state index is 5.32. The summed E-state index contributed by atoms with van der Waals surface area (Å²) in [6.45, 7) is 2.04. The molecule has 5 heteroatoms. The normalized spacial score (nSPS) is 10.6. The van der Waals surface area contributed by atoms with Crippen LogP contribution in [0, 0.1) is 6.92 Å². The lowest BCUT2D eigenvalue weighted by Crippen LogP contribution is -2.10. The van der Waals surface area contributed by atoms with Crippen molar-refractivity contribution in [1.29, 1.82) is 0 Å². The van der Waals surface area contributed by atoms with Gasteiger partial charge in [0, 0.05) is 36.8 Å². The van der Waals surface area contributed by atoms with Gasteiger partial charge in [-0.3, -0.25) is 0 Å². The number of ether oxygens (including phenoxy) is 1. The summed E-state index contributed by atoms with van der Waals surface area (Å²) in [5.41, 5.74) is 4.29. The zero-order valence-electron chi connectivity index (χ0n) is 13.7. The molecule has 0 spiro atoms. The number of hydrogen-bond donors (Lipinski definition) is 0. The number of anilines is 1. The topological polar surface area (TPSA) is 38.2 Å². The van der Waals surface area contributed by atoms with Gasteiger partial charge in [0.15, 0.2) is 0 Å². The molecule has 0 N–H and O–H groups in total. The van der Waals surface area contributed by atoms with Crippen LogP contribution in [0.4, 0.5) is 5.82 Å². The number of aryl methyl sites for hydroxylation is 1. The van der Waals surface area contributed by atoms with Gasteiger partial charge in [-0.05, 0) is 42.8 Å². The second-order valence-electron chi connectivity index (χ2n) is 5.52. The van der Waals surface area contributed by atoms with Crippen molar-refractivity contribution in [1.82, 2.24) is 9.97 Å². The van der Waals surface area contributed by atoms with E-state index in [4.69, 9.17) is 9.72 Å². The molecule has 118 valence electrons. The van der Waals surface area contributed by atoms with E-state index in [-0.39, 0.29) is 0 Å². The lowest BCUT2D eigenvalue weighted by Gasteiger charge is -2.11. The Morgan fingerprint density at radius 2 is 1.91 bits per heavy atom. The van der Waals surface area contributed by atoms with Gasteiger partial charge in [-0.2, -0.15) is 0 Å². The first-order valence-electron chi connectivity index (χ1n) is 7.33. The van der Waals surface area contributed by atoms with Crippen molar-refractivity contribution in [2.75, 3.05) is 26.1 Å². The van der Waals surface area contributed by atoms with E-state index in [2.05, 4.69) is 22.5 Å². The minimum absolute atomic E-state index is 0.897. The zero-order valence-corrected chi connectivity index (χ0v) is 14.5. The van der Waals surface area contributed by atoms with E-state index < -0.39 is 0 Å². The number of nitrogens with zero attached hydrogens (tertiary/aromatic N) is 3. The molecular weight excluding hydrogens is 306 g/mol. The molecule has 0 bridgehead atoms. The minimum atomic E-state index is 0.897. The van der Waals surface area contributed by atoms with Gasteiger partial charge in [0.25, 0.3) is 0 Å². The summed E-state index contributed by atoms with van der Waals surface area (Å²) >= 11 is 1.65. The number of hydrogen-bond acceptors (Lipinski definition) is 5. The standard InChI is InChI=1S/C18H19N3OS/c1-12-9-13(5-6-16(12)22-4)15-11-23-18(20-15)14-7-8-19-17(10-14)21(2)3/h5-11H,1-4H3. The van der Waals surface area contributed by atoms with Gasteiger partial charge in [-0.15, -0.1) is 11.3 Å². The highest BCUT2D eigenvalue weighted by atomic mass is 32.1. The number of rotatable bonds is 4. The van der Waals surface area contributed by atoms with E-state index >= 15 is 0 Å². The Bertz CT molecular complexity index is 827. The molecule has 23 heavy (non-hydrogen) atoms. The van der Waals surface area contributed by atoms with Crippen molar-refractivity contribution >= 4 is 17.2 Å². The monoisotopic (exact) mass is 325 g/mol. The second-order valence-corrected chi connectivity index (χ2v) is 6.38. The molecule has 0 saturated carbocycles. The number of thiazole rings is 1. The molecule has 4 nitrogen and oxygen atoms in total. The highest BCUT2D eigenvalue weighted by molar-refractivity contribution is 7.13. The third kappa shape index (κ3) is 3.19. The molecule has 3 rings (SSSR count). The van der Waals surface area contributed by atoms with Crippen LogP contribution < -0.4 is 9.64 Å². The van der Waals surface area contributed by atoms with Gasteiger partial charge < -0.3 is 9.64 Å². The Morgan fingerprint density at radius 3 is 2.61 bits per heavy atom. The van der Waals surface area contributed by atoms with Crippen LogP contribution in [0.3, 0.4) is 0 Å². The third-order valence-electron chi connectivity index (χ3n) is 3.65. The molecule has 0 unspecified atom stereocenters. The first kappa shape index (κ1) is 15.5. The van der Waals surface area contributed by atoms with Crippen molar-refractivity contribution in [3.05, 3.63) is 47.5 Å². The fraction of sp³-hybridized carbons (Fsp3) is 0.222. The molecule has 0 aliphatic carbocycles. The van der Waals surface area contributed by atoms with Crippen molar-refractivity contribution in [2.24, 2.45) is 0 Å². The average molecular weight is 325 g/mol. The number of pyridine rings is 1. The fourth-order valence-corrected chi connectivity index (χ4v) is 3.20. The highest BCUT2D eigenvalue weighted by Crippen LogP contribution is 2.31. The maximum atomic E-state index is 5.32. The second kappa shape index (κ2) is 6.38. The van der Waals surface area contributed by atoms with Gasteiger partial charge >= 0.3 is 0 Å². The van der Waals surface area contributed by atoms with Crippen LogP contribution >= 0.6 is 11.3 Å². The van der Waals surface area contributed by atoms with Crippen LogP contribution in [0.2, 0.25) is 0 Å². The third-order valence-corrected chi connectivity index (χ3v) is 4.54. The van der Waals surface area contributed by atoms with Crippen LogP contribution in [-0.2, 0) is 0 Å². The van der Waals surface area contributed by atoms with Crippen molar-refractivity contribution in [3.63, 3.8) is 0 Å². The predicted molar refractivity (Wildman–Crippen MR) is 96.4 cm³/mol. The zero-order chi connectivity index (χ0) is 16.4. The molecule has 0 radical (unpaired) electrons. The molecule has 1 aromatic carbocycles. The first-order chi connectivity index (χ1) is 11.1. The number of benzene rings is 1. The molecule has 2 heterocycles. The molecule has 2 aromatic heterocycles. The Labute approximate surface area is 140 Å². The first-order valence-corrected chi connectivity index (χ1v) is 8.20. The smallest absolute Gasteiger partial charge is 0.128 e. The molecule has 0 aliphatic heterocycles. The maximum Gasteiger partial charge on any atom is 0.128 e. The van der Waals surface area contributed by atoms with E-state index in [1.54, 1.807) is 18.4 Å². The summed E-state index contributed by atoms with van der Waals surface area (Å²) in [7, 11) is 5.66. The lowest BCUT2D eigenvalue weighted by atomic mass is 10.1. The lowest BCUT2D eigenvalue weighted by molar-refractivity contribution is 0.412. The summed E-state index contributed by atoms with van der Waals surface area (Å²) in [6, 6.07) is 10.2. The Hall–Kier alpha value is -2.40. The van der Waals surface area contributed by atoms with E-state index in [1.165, 1.54) is 0 Å². The van der Waals surface area contributed by atoms with Crippen LogP contribution in [0.5, 0.6) is 5.75 Å². The predicted octanol–water partition coefficient (Wildman–Crippen LogP) is 4.26. The summed E-state index contributed by atoms with van der Waals surface area (Å²) in [4.78, 5) is 11.1. The molecule has 0 amide bonds. The largest absolute Gasteiger partial charge is 0.496 e. The minimum Gasteiger partial charge on any atom is -0.496 e. The van der Waals surface area contributed by atoms with Gasteiger partial charge in [-0.1, -0.05) is 0 Å². The average Bonchev–Trinajstić information content (AvgIpc) is 3.05. The SMILES string of the molecule is COc1ccc(-c2csc(-c3ccnc(N(C)C)c3)n2)cc1C. The summed E-state index contributed by atoms with van der Waals surface area (Å²) in [6.07, 6.45) is 1.82. The van der Waals surface area contributed by atoms with Crippen LogP contribution in [0.1, 0.15) is 5.56 Å². The van der Waals surface area contributed by atoms with E-state index in [0.717, 1.165) is 39.0 Å². The fourth-order valence-electron chi connectivity index (χ4n) is 2.37. The van der Waals surface area contributed by atoms with Crippen molar-refractivity contribution in [2.45, 2.75) is 6.92 Å². The Morgan fingerprint density at radius 1 is 1.09 bits per heavy atom. The molecule has 0 saturated heterocycles. The van der Waals surface area contributed by atoms with Gasteiger partial charge in [0.1, 0.15) is 16.6 Å². The quantitative estimate of drug-likeness (QED) is 0.718. The molecule has 3 aromatic rings. The van der Waals surface area contributed by atoms with E-state index in [9.17, 15) is 0 Å². The summed E-state index contributed by atoms with van der Waals surface area (Å²) < 4.78 is 5.32. The van der Waals surface area contributed by atoms with Crippen LogP contribution in [0.25, 0.3) is 21.8 Å². The van der Waals surface area contributed by atoms with E-state index in [1.807, 2.05) is 50.3 Å². The molecular formula is C18H19N3OS. The summed E-state index contributed by atoms with van der Waals surface area (Å²) in [5, 5.41) is 3.09. The van der Waals surface area contributed by atoms with Gasteiger partial charge in [0.2, 0.25) is 0 Å². The Kier molecular flexibility index (Phi) is 4.30. The number of methoxy groups -OCH3 is 1. The molecule has 0 atom stereocenters. The van der Waals surface area contributed by atoms with Crippen molar-refractivity contribution < 1.29 is 4.74 Å². The summed E-state index contributed by atoms with van der Waals surface area (Å²) in [5.74, 6) is 1.83. The highest BCUT2D eigenvalue weighted by Gasteiger charge is 2.09.